The van der Waals surface area contributed by atoms with Crippen molar-refractivity contribution in [2.24, 2.45) is 0 Å². The van der Waals surface area contributed by atoms with E-state index in [2.05, 4.69) is 29.5 Å². The van der Waals surface area contributed by atoms with Crippen LogP contribution in [0.4, 0.5) is 5.82 Å². The molecule has 0 spiro atoms. The maximum absolute atomic E-state index is 13.4. The van der Waals surface area contributed by atoms with Crippen molar-refractivity contribution in [2.75, 3.05) is 5.32 Å². The van der Waals surface area contributed by atoms with Gasteiger partial charge >= 0.3 is 0 Å². The minimum atomic E-state index is -3.90. The van der Waals surface area contributed by atoms with Crippen LogP contribution in [0, 0.1) is 0 Å². The zero-order valence-corrected chi connectivity index (χ0v) is 20.1. The third kappa shape index (κ3) is 3.77. The number of benzene rings is 2. The molecule has 1 N–H and O–H groups in total. The Morgan fingerprint density at radius 3 is 2.36 bits per heavy atom. The fourth-order valence-electron chi connectivity index (χ4n) is 3.77. The molecule has 9 heteroatoms. The summed E-state index contributed by atoms with van der Waals surface area (Å²) in [6.07, 6.45) is 0. The van der Waals surface area contributed by atoms with Crippen molar-refractivity contribution in [2.45, 2.75) is 42.7 Å². The van der Waals surface area contributed by atoms with Crippen LogP contribution >= 0.6 is 11.3 Å². The van der Waals surface area contributed by atoms with Crippen molar-refractivity contribution in [3.8, 4) is 0 Å². The Labute approximate surface area is 196 Å². The molecule has 0 radical (unpaired) electrons. The summed E-state index contributed by atoms with van der Waals surface area (Å²) in [6.45, 7) is 6.18. The second kappa shape index (κ2) is 8.24. The molecule has 0 aliphatic rings. The van der Waals surface area contributed by atoms with Crippen molar-refractivity contribution < 1.29 is 8.42 Å². The second-order valence-corrected chi connectivity index (χ2v) is 11.0. The molecule has 3 heterocycles. The lowest BCUT2D eigenvalue weighted by Gasteiger charge is -2.16. The zero-order chi connectivity index (χ0) is 23.2. The van der Waals surface area contributed by atoms with Crippen LogP contribution in [0.15, 0.2) is 76.0 Å². The first kappa shape index (κ1) is 21.5. The number of rotatable bonds is 6. The van der Waals surface area contributed by atoms with E-state index in [4.69, 9.17) is 4.98 Å². The lowest BCUT2D eigenvalue weighted by atomic mass is 10.0. The monoisotopic (exact) mass is 477 g/mol. The van der Waals surface area contributed by atoms with Crippen LogP contribution in [0.5, 0.6) is 0 Å². The number of aromatic nitrogens is 4. The van der Waals surface area contributed by atoms with Gasteiger partial charge < -0.3 is 5.32 Å². The van der Waals surface area contributed by atoms with E-state index in [9.17, 15) is 8.42 Å². The van der Waals surface area contributed by atoms with E-state index in [1.165, 1.54) is 15.9 Å². The molecule has 0 amide bonds. The van der Waals surface area contributed by atoms with Crippen molar-refractivity contribution in [3.63, 3.8) is 0 Å². The fourth-order valence-corrected chi connectivity index (χ4v) is 5.83. The number of anilines is 1. The third-order valence-corrected chi connectivity index (χ3v) is 8.26. The van der Waals surface area contributed by atoms with Gasteiger partial charge in [-0.15, -0.1) is 16.4 Å². The molecule has 3 aromatic heterocycles. The van der Waals surface area contributed by atoms with E-state index in [0.717, 1.165) is 21.3 Å². The summed E-state index contributed by atoms with van der Waals surface area (Å²) < 4.78 is 29.3. The molecular formula is C24H23N5O2S2. The molecule has 33 heavy (non-hydrogen) atoms. The van der Waals surface area contributed by atoms with Crippen molar-refractivity contribution in [3.05, 3.63) is 77.2 Å². The maximum atomic E-state index is 13.4. The first-order valence-corrected chi connectivity index (χ1v) is 13.0. The highest BCUT2D eigenvalue weighted by Gasteiger charge is 2.27. The van der Waals surface area contributed by atoms with Gasteiger partial charge in [0, 0.05) is 6.04 Å². The normalized spacial score (nSPS) is 13.1. The Hall–Kier alpha value is -3.30. The summed E-state index contributed by atoms with van der Waals surface area (Å²) >= 11 is 1.52. The lowest BCUT2D eigenvalue weighted by molar-refractivity contribution is 0.592. The Bertz CT molecular complexity index is 1540. The SMILES string of the molecule is CC(C)c1ccc(S(=O)(=O)c2nnn3c2nc(N[C@@H](C)c2ccccc2)c2sccc23)cc1. The fraction of sp³-hybridized carbons (Fsp3) is 0.208. The minimum Gasteiger partial charge on any atom is -0.362 e. The van der Waals surface area contributed by atoms with Gasteiger partial charge in [-0.1, -0.05) is 61.5 Å². The summed E-state index contributed by atoms with van der Waals surface area (Å²) in [6, 6.07) is 18.8. The van der Waals surface area contributed by atoms with Crippen molar-refractivity contribution in [1.29, 1.82) is 0 Å². The molecule has 1 atom stereocenters. The largest absolute Gasteiger partial charge is 0.362 e. The van der Waals surface area contributed by atoms with E-state index in [0.29, 0.717) is 11.7 Å². The lowest BCUT2D eigenvalue weighted by Crippen LogP contribution is -2.10. The van der Waals surface area contributed by atoms with E-state index < -0.39 is 9.84 Å². The molecule has 0 fully saturated rings. The molecule has 0 saturated carbocycles. The van der Waals surface area contributed by atoms with Crippen LogP contribution in [0.1, 0.15) is 43.9 Å². The molecule has 7 nitrogen and oxygen atoms in total. The second-order valence-electron chi connectivity index (χ2n) is 8.23. The van der Waals surface area contributed by atoms with Crippen LogP contribution in [0.2, 0.25) is 0 Å². The molecule has 0 aliphatic heterocycles. The molecule has 0 saturated heterocycles. The van der Waals surface area contributed by atoms with Gasteiger partial charge in [-0.25, -0.2) is 13.4 Å². The van der Waals surface area contributed by atoms with Gasteiger partial charge in [-0.2, -0.15) is 4.52 Å². The van der Waals surface area contributed by atoms with Gasteiger partial charge in [0.25, 0.3) is 0 Å². The molecule has 5 rings (SSSR count). The van der Waals surface area contributed by atoms with E-state index in [-0.39, 0.29) is 21.6 Å². The van der Waals surface area contributed by atoms with Crippen LogP contribution < -0.4 is 5.32 Å². The minimum absolute atomic E-state index is 0.0223. The molecule has 2 aromatic carbocycles. The summed E-state index contributed by atoms with van der Waals surface area (Å²) in [7, 11) is -3.90. The predicted molar refractivity (Wildman–Crippen MR) is 131 cm³/mol. The van der Waals surface area contributed by atoms with Gasteiger partial charge in [-0.3, -0.25) is 0 Å². The van der Waals surface area contributed by atoms with E-state index in [1.807, 2.05) is 60.8 Å². The first-order valence-electron chi connectivity index (χ1n) is 10.7. The standard InChI is InChI=1S/C24H23N5O2S2/c1-15(2)17-9-11-19(12-10-17)33(30,31)24-23-26-22(25-16(3)18-7-5-4-6-8-18)21-20(13-14-32-21)29(23)28-27-24/h4-16H,1-3H3,(H,25,26)/t16-/m0/s1. The Kier molecular flexibility index (Phi) is 5.38. The summed E-state index contributed by atoms with van der Waals surface area (Å²) in [5.74, 6) is 0.920. The average molecular weight is 478 g/mol. The number of nitrogens with one attached hydrogen (secondary N) is 1. The zero-order valence-electron chi connectivity index (χ0n) is 18.4. The molecule has 168 valence electrons. The Morgan fingerprint density at radius 2 is 1.67 bits per heavy atom. The van der Waals surface area contributed by atoms with E-state index >= 15 is 0 Å². The summed E-state index contributed by atoms with van der Waals surface area (Å²) in [4.78, 5) is 4.87. The van der Waals surface area contributed by atoms with Gasteiger partial charge in [0.2, 0.25) is 14.9 Å². The third-order valence-electron chi connectivity index (χ3n) is 5.69. The predicted octanol–water partition coefficient (Wildman–Crippen LogP) is 5.47. The summed E-state index contributed by atoms with van der Waals surface area (Å²) in [5, 5.41) is 13.4. The number of sulfone groups is 1. The average Bonchev–Trinajstić information content (AvgIpc) is 3.47. The van der Waals surface area contributed by atoms with Gasteiger partial charge in [0.1, 0.15) is 5.82 Å². The highest BCUT2D eigenvalue weighted by Crippen LogP contribution is 2.33. The highest BCUT2D eigenvalue weighted by molar-refractivity contribution is 7.91. The smallest absolute Gasteiger partial charge is 0.229 e. The Balaban J connectivity index is 1.62. The quantitative estimate of drug-likeness (QED) is 0.349. The number of thiophene rings is 1. The van der Waals surface area contributed by atoms with Crippen LogP contribution in [0.25, 0.3) is 15.9 Å². The molecule has 0 unspecified atom stereocenters. The molecule has 0 aliphatic carbocycles. The van der Waals surface area contributed by atoms with Crippen LogP contribution in [-0.4, -0.2) is 28.2 Å². The number of hydrogen-bond acceptors (Lipinski definition) is 7. The molecular weight excluding hydrogens is 454 g/mol. The van der Waals surface area contributed by atoms with Crippen LogP contribution in [0.3, 0.4) is 0 Å². The van der Waals surface area contributed by atoms with Gasteiger partial charge in [-0.05, 0) is 47.5 Å². The molecule has 5 aromatic rings. The number of hydrogen-bond donors (Lipinski definition) is 1. The highest BCUT2D eigenvalue weighted by atomic mass is 32.2. The van der Waals surface area contributed by atoms with Gasteiger partial charge in [0.15, 0.2) is 5.65 Å². The van der Waals surface area contributed by atoms with Crippen LogP contribution in [-0.2, 0) is 9.84 Å². The Morgan fingerprint density at radius 1 is 0.939 bits per heavy atom. The first-order chi connectivity index (χ1) is 15.9. The topological polar surface area (TPSA) is 89.2 Å². The van der Waals surface area contributed by atoms with E-state index in [1.54, 1.807) is 12.1 Å². The van der Waals surface area contributed by atoms with Gasteiger partial charge in [0.05, 0.1) is 15.1 Å². The summed E-state index contributed by atoms with van der Waals surface area (Å²) in [5.41, 5.74) is 3.14. The molecule has 0 bridgehead atoms. The number of fused-ring (bicyclic) bond motifs is 3. The maximum Gasteiger partial charge on any atom is 0.229 e. The number of nitrogens with zero attached hydrogens (tertiary/aromatic N) is 4. The van der Waals surface area contributed by atoms with Crippen molar-refractivity contribution >= 4 is 42.9 Å². The van der Waals surface area contributed by atoms with Crippen molar-refractivity contribution in [1.82, 2.24) is 19.8 Å².